The van der Waals surface area contributed by atoms with Crippen molar-refractivity contribution in [1.82, 2.24) is 15.3 Å². The van der Waals surface area contributed by atoms with Crippen molar-refractivity contribution in [3.8, 4) is 5.75 Å². The Morgan fingerprint density at radius 2 is 2.26 bits per heavy atom. The van der Waals surface area contributed by atoms with E-state index in [0.717, 1.165) is 22.6 Å². The lowest BCUT2D eigenvalue weighted by Gasteiger charge is -2.10. The molecule has 0 saturated heterocycles. The van der Waals surface area contributed by atoms with Crippen molar-refractivity contribution in [2.75, 3.05) is 6.61 Å². The van der Waals surface area contributed by atoms with Gasteiger partial charge >= 0.3 is 0 Å². The molecule has 0 aliphatic rings. The second-order valence-corrected chi connectivity index (χ2v) is 4.34. The molecule has 5 heteroatoms. The third-order valence-corrected chi connectivity index (χ3v) is 2.94. The molecule has 0 radical (unpaired) electrons. The summed E-state index contributed by atoms with van der Waals surface area (Å²) in [7, 11) is 0. The Hall–Kier alpha value is -2.30. The van der Waals surface area contributed by atoms with Crippen LogP contribution in [0.1, 0.15) is 16.8 Å². The number of benzene rings is 1. The number of amides is 1. The van der Waals surface area contributed by atoms with Gasteiger partial charge in [-0.3, -0.25) is 4.79 Å². The average Bonchev–Trinajstić information content (AvgIpc) is 2.91. The molecule has 0 spiro atoms. The van der Waals surface area contributed by atoms with Crippen LogP contribution < -0.4 is 10.1 Å². The molecular formula is C14H17N3O2. The molecule has 0 fully saturated rings. The SMILES string of the molecule is Cc1cccc(OCC(=O)NCc2cnc[nH]2)c1C. The first-order chi connectivity index (χ1) is 9.16. The number of ether oxygens (including phenoxy) is 1. The molecule has 1 aromatic carbocycles. The number of nitrogens with one attached hydrogen (secondary N) is 2. The van der Waals surface area contributed by atoms with Crippen molar-refractivity contribution in [2.24, 2.45) is 0 Å². The van der Waals surface area contributed by atoms with Crippen molar-refractivity contribution >= 4 is 5.91 Å². The maximum Gasteiger partial charge on any atom is 0.258 e. The maximum atomic E-state index is 11.6. The number of aryl methyl sites for hydroxylation is 1. The highest BCUT2D eigenvalue weighted by molar-refractivity contribution is 5.77. The topological polar surface area (TPSA) is 67.0 Å². The predicted octanol–water partition coefficient (Wildman–Crippen LogP) is 1.72. The molecule has 2 aromatic rings. The van der Waals surface area contributed by atoms with Crippen molar-refractivity contribution < 1.29 is 9.53 Å². The molecule has 0 bridgehead atoms. The minimum absolute atomic E-state index is 0.0123. The molecule has 1 heterocycles. The Balaban J connectivity index is 1.81. The van der Waals surface area contributed by atoms with Crippen molar-refractivity contribution in [3.05, 3.63) is 47.5 Å². The predicted molar refractivity (Wildman–Crippen MR) is 71.8 cm³/mol. The summed E-state index contributed by atoms with van der Waals surface area (Å²) >= 11 is 0. The fourth-order valence-corrected chi connectivity index (χ4v) is 1.65. The quantitative estimate of drug-likeness (QED) is 0.859. The van der Waals surface area contributed by atoms with Crippen LogP contribution in [0.5, 0.6) is 5.75 Å². The number of nitrogens with zero attached hydrogens (tertiary/aromatic N) is 1. The van der Waals surface area contributed by atoms with Crippen LogP contribution >= 0.6 is 0 Å². The summed E-state index contributed by atoms with van der Waals surface area (Å²) in [5, 5.41) is 2.75. The van der Waals surface area contributed by atoms with Gasteiger partial charge in [0.15, 0.2) is 6.61 Å². The summed E-state index contributed by atoms with van der Waals surface area (Å²) in [5.74, 6) is 0.590. The third-order valence-electron chi connectivity index (χ3n) is 2.94. The number of rotatable bonds is 5. The van der Waals surface area contributed by atoms with Gasteiger partial charge in [0, 0.05) is 6.20 Å². The van der Waals surface area contributed by atoms with Crippen molar-refractivity contribution in [3.63, 3.8) is 0 Å². The van der Waals surface area contributed by atoms with Gasteiger partial charge in [0.05, 0.1) is 18.6 Å². The molecule has 0 aliphatic heterocycles. The first kappa shape index (κ1) is 13.1. The first-order valence-corrected chi connectivity index (χ1v) is 6.10. The van der Waals surface area contributed by atoms with Crippen molar-refractivity contribution in [1.29, 1.82) is 0 Å². The number of hydrogen-bond donors (Lipinski definition) is 2. The Morgan fingerprint density at radius 3 is 3.00 bits per heavy atom. The number of aromatic amines is 1. The molecule has 100 valence electrons. The number of carbonyl (C=O) groups excluding carboxylic acids is 1. The largest absolute Gasteiger partial charge is 0.483 e. The van der Waals surface area contributed by atoms with E-state index in [-0.39, 0.29) is 12.5 Å². The Labute approximate surface area is 112 Å². The molecule has 1 aromatic heterocycles. The van der Waals surface area contributed by atoms with Crippen LogP contribution in [-0.4, -0.2) is 22.5 Å². The Morgan fingerprint density at radius 1 is 1.42 bits per heavy atom. The van der Waals surface area contributed by atoms with Gasteiger partial charge in [-0.2, -0.15) is 0 Å². The fraction of sp³-hybridized carbons (Fsp3) is 0.286. The zero-order valence-electron chi connectivity index (χ0n) is 11.1. The minimum Gasteiger partial charge on any atom is -0.483 e. The summed E-state index contributed by atoms with van der Waals surface area (Å²) < 4.78 is 5.51. The third kappa shape index (κ3) is 3.58. The molecule has 0 unspecified atom stereocenters. The minimum atomic E-state index is -0.157. The van der Waals surface area contributed by atoms with E-state index in [0.29, 0.717) is 6.54 Å². The van der Waals surface area contributed by atoms with E-state index >= 15 is 0 Å². The van der Waals surface area contributed by atoms with E-state index in [2.05, 4.69) is 15.3 Å². The van der Waals surface area contributed by atoms with Gasteiger partial charge in [0.1, 0.15) is 5.75 Å². The van der Waals surface area contributed by atoms with Crippen LogP contribution in [0.2, 0.25) is 0 Å². The number of aromatic nitrogens is 2. The van der Waals surface area contributed by atoms with E-state index in [4.69, 9.17) is 4.74 Å². The number of H-pyrrole nitrogens is 1. The van der Waals surface area contributed by atoms with Gasteiger partial charge in [-0.1, -0.05) is 12.1 Å². The van der Waals surface area contributed by atoms with E-state index in [1.165, 1.54) is 0 Å². The van der Waals surface area contributed by atoms with E-state index in [1.54, 1.807) is 12.5 Å². The normalized spacial score (nSPS) is 10.2. The Kier molecular flexibility index (Phi) is 4.18. The van der Waals surface area contributed by atoms with Crippen LogP contribution in [0, 0.1) is 13.8 Å². The van der Waals surface area contributed by atoms with Gasteiger partial charge < -0.3 is 15.0 Å². The highest BCUT2D eigenvalue weighted by Gasteiger charge is 2.06. The molecule has 19 heavy (non-hydrogen) atoms. The van der Waals surface area contributed by atoms with Crippen LogP contribution in [0.4, 0.5) is 0 Å². The highest BCUT2D eigenvalue weighted by atomic mass is 16.5. The molecule has 2 rings (SSSR count). The van der Waals surface area contributed by atoms with E-state index in [1.807, 2.05) is 32.0 Å². The number of imidazole rings is 1. The monoisotopic (exact) mass is 259 g/mol. The lowest BCUT2D eigenvalue weighted by molar-refractivity contribution is -0.123. The van der Waals surface area contributed by atoms with Crippen LogP contribution in [0.25, 0.3) is 0 Å². The first-order valence-electron chi connectivity index (χ1n) is 6.10. The second-order valence-electron chi connectivity index (χ2n) is 4.34. The van der Waals surface area contributed by atoms with Crippen LogP contribution in [0.3, 0.4) is 0 Å². The van der Waals surface area contributed by atoms with Gasteiger partial charge in [-0.15, -0.1) is 0 Å². The van der Waals surface area contributed by atoms with Gasteiger partial charge in [0.2, 0.25) is 0 Å². The molecule has 5 nitrogen and oxygen atoms in total. The van der Waals surface area contributed by atoms with Crippen LogP contribution in [0.15, 0.2) is 30.7 Å². The fourth-order valence-electron chi connectivity index (χ4n) is 1.65. The van der Waals surface area contributed by atoms with Gasteiger partial charge in [-0.05, 0) is 31.0 Å². The molecule has 0 saturated carbocycles. The molecular weight excluding hydrogens is 242 g/mol. The Bertz CT molecular complexity index is 550. The molecule has 2 N–H and O–H groups in total. The summed E-state index contributed by atoms with van der Waals surface area (Å²) in [6, 6.07) is 5.80. The van der Waals surface area contributed by atoms with E-state index < -0.39 is 0 Å². The van der Waals surface area contributed by atoms with Gasteiger partial charge in [0.25, 0.3) is 5.91 Å². The zero-order chi connectivity index (χ0) is 13.7. The lowest BCUT2D eigenvalue weighted by atomic mass is 10.1. The molecule has 0 aliphatic carbocycles. The van der Waals surface area contributed by atoms with Crippen molar-refractivity contribution in [2.45, 2.75) is 20.4 Å². The molecule has 0 atom stereocenters. The van der Waals surface area contributed by atoms with E-state index in [9.17, 15) is 4.79 Å². The average molecular weight is 259 g/mol. The highest BCUT2D eigenvalue weighted by Crippen LogP contribution is 2.20. The van der Waals surface area contributed by atoms with Crippen LogP contribution in [-0.2, 0) is 11.3 Å². The molecule has 1 amide bonds. The number of carbonyl (C=O) groups is 1. The summed E-state index contributed by atoms with van der Waals surface area (Å²) in [4.78, 5) is 18.4. The maximum absolute atomic E-state index is 11.6. The summed E-state index contributed by atoms with van der Waals surface area (Å²) in [5.41, 5.74) is 3.07. The lowest BCUT2D eigenvalue weighted by Crippen LogP contribution is -2.28. The second kappa shape index (κ2) is 6.04. The smallest absolute Gasteiger partial charge is 0.258 e. The summed E-state index contributed by atoms with van der Waals surface area (Å²) in [6.07, 6.45) is 3.25. The van der Waals surface area contributed by atoms with Gasteiger partial charge in [-0.25, -0.2) is 4.98 Å². The summed E-state index contributed by atoms with van der Waals surface area (Å²) in [6.45, 7) is 4.43. The standard InChI is InChI=1S/C14H17N3O2/c1-10-4-3-5-13(11(10)2)19-8-14(18)16-7-12-6-15-9-17-12/h3-6,9H,7-8H2,1-2H3,(H,15,17)(H,16,18). The number of hydrogen-bond acceptors (Lipinski definition) is 3. The zero-order valence-corrected chi connectivity index (χ0v) is 11.1.